The number of aryl methyl sites for hydroxylation is 2. The second-order valence-corrected chi connectivity index (χ2v) is 5.71. The average molecular weight is 333 g/mol. The zero-order chi connectivity index (χ0) is 12.4. The van der Waals surface area contributed by atoms with Crippen molar-refractivity contribution in [1.82, 2.24) is 14.8 Å². The van der Waals surface area contributed by atoms with E-state index in [2.05, 4.69) is 26.0 Å². The van der Waals surface area contributed by atoms with Crippen molar-refractivity contribution in [3.05, 3.63) is 39.2 Å². The molecule has 0 amide bonds. The van der Waals surface area contributed by atoms with E-state index in [9.17, 15) is 0 Å². The zero-order valence-electron chi connectivity index (χ0n) is 9.44. The summed E-state index contributed by atoms with van der Waals surface area (Å²) in [6.45, 7) is 1.98. The zero-order valence-corrected chi connectivity index (χ0v) is 12.6. The van der Waals surface area contributed by atoms with Crippen LogP contribution in [0.15, 0.2) is 27.8 Å². The third kappa shape index (κ3) is 2.84. The van der Waals surface area contributed by atoms with Gasteiger partial charge in [-0.1, -0.05) is 23.4 Å². The second kappa shape index (κ2) is 5.42. The highest BCUT2D eigenvalue weighted by Gasteiger charge is 2.11. The first-order chi connectivity index (χ1) is 8.09. The van der Waals surface area contributed by atoms with E-state index in [0.717, 1.165) is 26.6 Å². The Morgan fingerprint density at radius 1 is 1.53 bits per heavy atom. The number of aromatic nitrogens is 3. The molecular formula is C11H11BrClN3S. The fourth-order valence-electron chi connectivity index (χ4n) is 1.45. The van der Waals surface area contributed by atoms with Crippen LogP contribution < -0.4 is 0 Å². The topological polar surface area (TPSA) is 30.7 Å². The van der Waals surface area contributed by atoms with E-state index in [0.29, 0.717) is 5.02 Å². The Hall–Kier alpha value is -0.520. The fourth-order valence-corrected chi connectivity index (χ4v) is 3.34. The van der Waals surface area contributed by atoms with Crippen molar-refractivity contribution < 1.29 is 0 Å². The van der Waals surface area contributed by atoms with Crippen molar-refractivity contribution in [3.8, 4) is 0 Å². The molecule has 0 saturated heterocycles. The third-order valence-corrected chi connectivity index (χ3v) is 4.80. The van der Waals surface area contributed by atoms with Crippen molar-refractivity contribution >= 4 is 39.3 Å². The lowest BCUT2D eigenvalue weighted by molar-refractivity contribution is 0.727. The molecule has 0 fully saturated rings. The Balaban J connectivity index is 2.15. The maximum absolute atomic E-state index is 6.06. The Morgan fingerprint density at radius 2 is 2.29 bits per heavy atom. The van der Waals surface area contributed by atoms with Crippen molar-refractivity contribution in [2.75, 3.05) is 0 Å². The van der Waals surface area contributed by atoms with E-state index in [4.69, 9.17) is 11.6 Å². The van der Waals surface area contributed by atoms with E-state index >= 15 is 0 Å². The summed E-state index contributed by atoms with van der Waals surface area (Å²) in [6.07, 6.45) is 1.75. The van der Waals surface area contributed by atoms with Gasteiger partial charge in [-0.3, -0.25) is 4.68 Å². The van der Waals surface area contributed by atoms with E-state index in [1.54, 1.807) is 18.0 Å². The lowest BCUT2D eigenvalue weighted by Gasteiger charge is -2.04. The van der Waals surface area contributed by atoms with Crippen LogP contribution in [0.1, 0.15) is 11.4 Å². The molecule has 90 valence electrons. The lowest BCUT2D eigenvalue weighted by atomic mass is 10.4. The van der Waals surface area contributed by atoms with E-state index in [-0.39, 0.29) is 0 Å². The SMILES string of the molecule is Cc1nn(C)c(CSc2ncccc2Cl)c1Br. The first kappa shape index (κ1) is 12.9. The molecular weight excluding hydrogens is 322 g/mol. The van der Waals surface area contributed by atoms with E-state index in [1.807, 2.05) is 30.8 Å². The molecule has 0 spiro atoms. The van der Waals surface area contributed by atoms with Gasteiger partial charge in [0.2, 0.25) is 0 Å². The van der Waals surface area contributed by atoms with Crippen LogP contribution in [-0.4, -0.2) is 14.8 Å². The molecule has 2 aromatic rings. The molecule has 0 unspecified atom stereocenters. The van der Waals surface area contributed by atoms with Crippen LogP contribution in [0.2, 0.25) is 5.02 Å². The molecule has 0 aromatic carbocycles. The quantitative estimate of drug-likeness (QED) is 0.800. The van der Waals surface area contributed by atoms with Gasteiger partial charge in [0.1, 0.15) is 5.03 Å². The first-order valence-corrected chi connectivity index (χ1v) is 7.16. The summed E-state index contributed by atoms with van der Waals surface area (Å²) in [5, 5.41) is 5.88. The number of hydrogen-bond acceptors (Lipinski definition) is 3. The molecule has 2 rings (SSSR count). The van der Waals surface area contributed by atoms with E-state index in [1.165, 1.54) is 0 Å². The molecule has 3 nitrogen and oxygen atoms in total. The molecule has 2 aromatic heterocycles. The molecule has 0 aliphatic rings. The number of thioether (sulfide) groups is 1. The Labute approximate surface area is 118 Å². The van der Waals surface area contributed by atoms with Crippen LogP contribution >= 0.6 is 39.3 Å². The molecule has 0 radical (unpaired) electrons. The molecule has 0 atom stereocenters. The summed E-state index contributed by atoms with van der Waals surface area (Å²) in [5.41, 5.74) is 2.13. The monoisotopic (exact) mass is 331 g/mol. The molecule has 17 heavy (non-hydrogen) atoms. The maximum Gasteiger partial charge on any atom is 0.115 e. The standard InChI is InChI=1S/C11H11BrClN3S/c1-7-10(12)9(16(2)15-7)6-17-11-8(13)4-3-5-14-11/h3-5H,6H2,1-2H3. The lowest BCUT2D eigenvalue weighted by Crippen LogP contribution is -1.97. The molecule has 0 aliphatic heterocycles. The van der Waals surface area contributed by atoms with Crippen LogP contribution in [-0.2, 0) is 12.8 Å². The number of nitrogens with zero attached hydrogens (tertiary/aromatic N) is 3. The normalized spacial score (nSPS) is 10.8. The highest BCUT2D eigenvalue weighted by molar-refractivity contribution is 9.10. The molecule has 0 saturated carbocycles. The van der Waals surface area contributed by atoms with Gasteiger partial charge in [-0.2, -0.15) is 5.10 Å². The molecule has 0 aliphatic carbocycles. The minimum atomic E-state index is 0.688. The molecule has 2 heterocycles. The summed E-state index contributed by atoms with van der Waals surface area (Å²) in [5.74, 6) is 0.786. The van der Waals surface area contributed by atoms with E-state index < -0.39 is 0 Å². The summed E-state index contributed by atoms with van der Waals surface area (Å²) in [6, 6.07) is 3.68. The van der Waals surface area contributed by atoms with Crippen molar-refractivity contribution in [2.24, 2.45) is 7.05 Å². The number of hydrogen-bond donors (Lipinski definition) is 0. The van der Waals surface area contributed by atoms with Gasteiger partial charge < -0.3 is 0 Å². The van der Waals surface area contributed by atoms with Gasteiger partial charge in [0, 0.05) is 19.0 Å². The van der Waals surface area contributed by atoms with Crippen LogP contribution in [0.5, 0.6) is 0 Å². The van der Waals surface area contributed by atoms with Crippen LogP contribution in [0, 0.1) is 6.92 Å². The van der Waals surface area contributed by atoms with Gasteiger partial charge in [0.25, 0.3) is 0 Å². The van der Waals surface area contributed by atoms with Gasteiger partial charge in [0.05, 0.1) is 20.9 Å². The number of halogens is 2. The highest BCUT2D eigenvalue weighted by Crippen LogP contribution is 2.30. The number of pyridine rings is 1. The van der Waals surface area contributed by atoms with Crippen molar-refractivity contribution in [3.63, 3.8) is 0 Å². The van der Waals surface area contributed by atoms with Gasteiger partial charge in [0.15, 0.2) is 0 Å². The van der Waals surface area contributed by atoms with Gasteiger partial charge in [-0.25, -0.2) is 4.98 Å². The van der Waals surface area contributed by atoms with Gasteiger partial charge in [-0.15, -0.1) is 0 Å². The predicted octanol–water partition coefficient (Wildman–Crippen LogP) is 3.83. The molecule has 0 N–H and O–H groups in total. The summed E-state index contributed by atoms with van der Waals surface area (Å²) >= 11 is 11.2. The van der Waals surface area contributed by atoms with Crippen molar-refractivity contribution in [1.29, 1.82) is 0 Å². The highest BCUT2D eigenvalue weighted by atomic mass is 79.9. The van der Waals surface area contributed by atoms with Gasteiger partial charge >= 0.3 is 0 Å². The van der Waals surface area contributed by atoms with Crippen LogP contribution in [0.3, 0.4) is 0 Å². The maximum atomic E-state index is 6.06. The fraction of sp³-hybridized carbons (Fsp3) is 0.273. The molecule has 6 heteroatoms. The Morgan fingerprint density at radius 3 is 2.88 bits per heavy atom. The smallest absolute Gasteiger partial charge is 0.115 e. The Bertz CT molecular complexity index is 542. The minimum absolute atomic E-state index is 0.688. The number of rotatable bonds is 3. The third-order valence-electron chi connectivity index (χ3n) is 2.33. The predicted molar refractivity (Wildman–Crippen MR) is 74.5 cm³/mol. The largest absolute Gasteiger partial charge is 0.270 e. The summed E-state index contributed by atoms with van der Waals surface area (Å²) in [7, 11) is 1.94. The van der Waals surface area contributed by atoms with Crippen LogP contribution in [0.25, 0.3) is 0 Å². The Kier molecular flexibility index (Phi) is 4.12. The first-order valence-electron chi connectivity index (χ1n) is 5.01. The minimum Gasteiger partial charge on any atom is -0.270 e. The van der Waals surface area contributed by atoms with Crippen molar-refractivity contribution in [2.45, 2.75) is 17.7 Å². The van der Waals surface area contributed by atoms with Crippen LogP contribution in [0.4, 0.5) is 0 Å². The van der Waals surface area contributed by atoms with Gasteiger partial charge in [-0.05, 0) is 35.0 Å². The summed E-state index contributed by atoms with van der Waals surface area (Å²) < 4.78 is 2.93. The molecule has 0 bridgehead atoms. The second-order valence-electron chi connectivity index (χ2n) is 3.55. The summed E-state index contributed by atoms with van der Waals surface area (Å²) in [4.78, 5) is 4.25. The average Bonchev–Trinajstić information content (AvgIpc) is 2.53.